The highest BCUT2D eigenvalue weighted by Gasteiger charge is 2.63. The molecule has 1 atom stereocenters. The topological polar surface area (TPSA) is 43.1 Å². The second kappa shape index (κ2) is 5.89. The third-order valence-electron chi connectivity index (χ3n) is 4.99. The SMILES string of the molecule is [B]c1c([B])c([B])c(C2(N)C(=O)CC([B])([B])C([B])([B])C2([B])[B])c(Cl)c1[B]. The zero-order valence-corrected chi connectivity index (χ0v) is 14.1. The molecule has 13 heteroatoms. The smallest absolute Gasteiger partial charge is 0.155 e. The maximum Gasteiger partial charge on any atom is 0.155 e. The minimum Gasteiger partial charge on any atom is -0.316 e. The molecule has 0 spiro atoms. The maximum atomic E-state index is 12.9. The van der Waals surface area contributed by atoms with Crippen LogP contribution in [0.15, 0.2) is 0 Å². The molecule has 0 heterocycles. The van der Waals surface area contributed by atoms with Crippen LogP contribution in [0.5, 0.6) is 0 Å². The third kappa shape index (κ3) is 2.46. The molecular formula is C12H4B10ClNO. The summed E-state index contributed by atoms with van der Waals surface area (Å²) >= 11 is 6.23. The summed E-state index contributed by atoms with van der Waals surface area (Å²) in [5.74, 6) is -0.800. The predicted molar refractivity (Wildman–Crippen MR) is 111 cm³/mol. The molecule has 1 aromatic rings. The van der Waals surface area contributed by atoms with Gasteiger partial charge >= 0.3 is 0 Å². The van der Waals surface area contributed by atoms with E-state index in [1.807, 2.05) is 0 Å². The Bertz CT molecular complexity index is 751. The number of hydrogen-bond donors (Lipinski definition) is 1. The summed E-state index contributed by atoms with van der Waals surface area (Å²) in [7, 11) is 59.2. The molecule has 100 valence electrons. The van der Waals surface area contributed by atoms with Crippen LogP contribution < -0.4 is 27.6 Å². The Morgan fingerprint density at radius 2 is 1.24 bits per heavy atom. The Labute approximate surface area is 166 Å². The molecule has 2 N–H and O–H groups in total. The molecule has 20 radical (unpaired) electrons. The normalized spacial score (nSPS) is 27.0. The maximum absolute atomic E-state index is 12.9. The number of carbonyl (C=O) groups excluding carboxylic acids is 1. The lowest BCUT2D eigenvalue weighted by molar-refractivity contribution is -0.127. The highest BCUT2D eigenvalue weighted by Crippen LogP contribution is 2.68. The molecule has 0 amide bonds. The van der Waals surface area contributed by atoms with Gasteiger partial charge in [0.05, 0.1) is 52.6 Å². The Balaban J connectivity index is 2.94. The lowest BCUT2D eigenvalue weighted by atomic mass is 9.12. The zero-order valence-electron chi connectivity index (χ0n) is 13.3. The molecule has 2 nitrogen and oxygen atoms in total. The first-order valence-electron chi connectivity index (χ1n) is 7.03. The van der Waals surface area contributed by atoms with Crippen molar-refractivity contribution in [3.63, 3.8) is 0 Å². The van der Waals surface area contributed by atoms with E-state index in [-0.39, 0.29) is 32.4 Å². The number of Topliss-reactive ketones (excluding diaryl/α,β-unsaturated/α-hetero) is 1. The van der Waals surface area contributed by atoms with Gasteiger partial charge in [0.2, 0.25) is 0 Å². The molecule has 25 heavy (non-hydrogen) atoms. The Hall–Kier alpha value is -0.211. The molecule has 1 aliphatic carbocycles. The van der Waals surface area contributed by atoms with Gasteiger partial charge in [0.25, 0.3) is 0 Å². The van der Waals surface area contributed by atoms with Gasteiger partial charge in [-0.2, -0.15) is 0 Å². The predicted octanol–water partition coefficient (Wildman–Crippen LogP) is -5.00. The molecule has 1 aromatic carbocycles. The molecule has 0 aliphatic heterocycles. The van der Waals surface area contributed by atoms with Crippen molar-refractivity contribution in [1.29, 1.82) is 0 Å². The third-order valence-corrected chi connectivity index (χ3v) is 5.38. The number of benzene rings is 1. The van der Waals surface area contributed by atoms with Gasteiger partial charge in [0.1, 0.15) is 31.4 Å². The van der Waals surface area contributed by atoms with Gasteiger partial charge in [0, 0.05) is 5.02 Å². The summed E-state index contributed by atoms with van der Waals surface area (Å²) in [6, 6.07) is 0. The quantitative estimate of drug-likeness (QED) is 0.527. The summed E-state index contributed by atoms with van der Waals surface area (Å²) in [5.41, 5.74) is 3.13. The molecule has 2 rings (SSSR count). The first-order chi connectivity index (χ1) is 11.1. The fraction of sp³-hybridized carbons (Fsp3) is 0.417. The number of nitrogens with two attached hydrogens (primary N) is 1. The van der Waals surface area contributed by atoms with Crippen LogP contribution in [-0.4, -0.2) is 84.2 Å². The molecule has 0 saturated heterocycles. The van der Waals surface area contributed by atoms with E-state index in [0.717, 1.165) is 0 Å². The number of ketones is 1. The summed E-state index contributed by atoms with van der Waals surface area (Å²) in [6.07, 6.45) is -0.563. The lowest BCUT2D eigenvalue weighted by Gasteiger charge is -2.66. The lowest BCUT2D eigenvalue weighted by Crippen LogP contribution is -2.69. The van der Waals surface area contributed by atoms with Crippen LogP contribution in [0.25, 0.3) is 0 Å². The van der Waals surface area contributed by atoms with Gasteiger partial charge in [-0.15, -0.1) is 21.4 Å². The van der Waals surface area contributed by atoms with E-state index < -0.39 is 33.4 Å². The van der Waals surface area contributed by atoms with Gasteiger partial charge in [0.15, 0.2) is 5.78 Å². The number of hydrogen-bond acceptors (Lipinski definition) is 2. The average Bonchev–Trinajstić information content (AvgIpc) is 2.48. The van der Waals surface area contributed by atoms with Crippen LogP contribution >= 0.6 is 11.6 Å². The van der Waals surface area contributed by atoms with E-state index in [1.165, 1.54) is 0 Å². The van der Waals surface area contributed by atoms with Crippen molar-refractivity contribution in [2.45, 2.75) is 27.6 Å². The van der Waals surface area contributed by atoms with E-state index in [0.29, 0.717) is 0 Å². The van der Waals surface area contributed by atoms with Crippen molar-refractivity contribution in [3.8, 4) is 0 Å². The second-order valence-electron chi connectivity index (χ2n) is 6.53. The minimum atomic E-state index is -2.38. The second-order valence-corrected chi connectivity index (χ2v) is 6.91. The van der Waals surface area contributed by atoms with Gasteiger partial charge < -0.3 is 5.73 Å². The highest BCUT2D eigenvalue weighted by molar-refractivity contribution is 6.67. The van der Waals surface area contributed by atoms with Crippen molar-refractivity contribution >= 4 is 118 Å². The Morgan fingerprint density at radius 1 is 0.800 bits per heavy atom. The van der Waals surface area contributed by atoms with Crippen molar-refractivity contribution in [2.75, 3.05) is 0 Å². The van der Waals surface area contributed by atoms with E-state index in [4.69, 9.17) is 95.8 Å². The van der Waals surface area contributed by atoms with Crippen LogP contribution in [0.2, 0.25) is 20.7 Å². The summed E-state index contributed by atoms with van der Waals surface area (Å²) < 4.78 is 0. The molecule has 0 aromatic heterocycles. The molecule has 1 unspecified atom stereocenters. The standard InChI is InChI=1S/C12H4B10ClNO/c13-4-3(8(23)7(16)6(15)5(4)14)10(24)2(25)1-9(17,18)11(19,20)12(10,21)22/h1,24H2. The number of halogens is 1. The first-order valence-corrected chi connectivity index (χ1v) is 7.40. The molecule has 1 aliphatic rings. The van der Waals surface area contributed by atoms with Crippen LogP contribution in [0.4, 0.5) is 0 Å². The molecule has 0 bridgehead atoms. The zero-order chi connectivity index (χ0) is 19.7. The fourth-order valence-electron chi connectivity index (χ4n) is 3.02. The average molecular weight is 322 g/mol. The van der Waals surface area contributed by atoms with E-state index in [2.05, 4.69) is 0 Å². The monoisotopic (exact) mass is 323 g/mol. The molecule has 1 saturated carbocycles. The van der Waals surface area contributed by atoms with Gasteiger partial charge in [-0.1, -0.05) is 27.7 Å². The van der Waals surface area contributed by atoms with Crippen molar-refractivity contribution in [2.24, 2.45) is 5.73 Å². The first kappa shape index (κ1) is 21.1. The minimum absolute atomic E-state index is 0.0866. The Morgan fingerprint density at radius 3 is 1.72 bits per heavy atom. The van der Waals surface area contributed by atoms with Gasteiger partial charge in [-0.3, -0.25) is 4.79 Å². The van der Waals surface area contributed by atoms with Crippen molar-refractivity contribution < 1.29 is 4.79 Å². The highest BCUT2D eigenvalue weighted by atomic mass is 35.5. The fourth-order valence-corrected chi connectivity index (χ4v) is 3.37. The largest absolute Gasteiger partial charge is 0.316 e. The van der Waals surface area contributed by atoms with E-state index in [9.17, 15) is 4.79 Å². The molecular weight excluding hydrogens is 318 g/mol. The summed E-state index contributed by atoms with van der Waals surface area (Å²) in [5, 5.41) is -6.80. The van der Waals surface area contributed by atoms with E-state index >= 15 is 0 Å². The Kier molecular flexibility index (Phi) is 4.97. The van der Waals surface area contributed by atoms with Crippen LogP contribution in [0, 0.1) is 0 Å². The van der Waals surface area contributed by atoms with Crippen LogP contribution in [0.3, 0.4) is 0 Å². The number of rotatable bonds is 1. The van der Waals surface area contributed by atoms with Gasteiger partial charge in [-0.25, -0.2) is 0 Å². The molecule has 1 fully saturated rings. The summed E-state index contributed by atoms with van der Waals surface area (Å²) in [6.45, 7) is 0. The van der Waals surface area contributed by atoms with Crippen molar-refractivity contribution in [1.82, 2.24) is 0 Å². The van der Waals surface area contributed by atoms with Crippen molar-refractivity contribution in [3.05, 3.63) is 10.6 Å². The number of carbonyl (C=O) groups is 1. The van der Waals surface area contributed by atoms with Crippen LogP contribution in [0.1, 0.15) is 12.0 Å². The van der Waals surface area contributed by atoms with Gasteiger partial charge in [-0.05, 0) is 12.0 Å². The van der Waals surface area contributed by atoms with E-state index in [1.54, 1.807) is 0 Å². The van der Waals surface area contributed by atoms with Crippen LogP contribution in [-0.2, 0) is 10.3 Å². The summed E-state index contributed by atoms with van der Waals surface area (Å²) in [4.78, 5) is 12.9.